The van der Waals surface area contributed by atoms with Gasteiger partial charge in [0.1, 0.15) is 10.8 Å². The van der Waals surface area contributed by atoms with Gasteiger partial charge in [-0.05, 0) is 18.6 Å². The van der Waals surface area contributed by atoms with Crippen LogP contribution in [0.15, 0.2) is 41.3 Å². The van der Waals surface area contributed by atoms with Gasteiger partial charge < -0.3 is 10.1 Å². The summed E-state index contributed by atoms with van der Waals surface area (Å²) in [7, 11) is 1.56. The molecule has 0 radical (unpaired) electrons. The Kier molecular flexibility index (Phi) is 5.01. The van der Waals surface area contributed by atoms with Crippen LogP contribution in [-0.2, 0) is 7.05 Å². The normalized spacial score (nSPS) is 10.3. The summed E-state index contributed by atoms with van der Waals surface area (Å²) in [5, 5.41) is 7.15. The van der Waals surface area contributed by atoms with Crippen molar-refractivity contribution in [3.63, 3.8) is 0 Å². The van der Waals surface area contributed by atoms with Gasteiger partial charge in [0, 0.05) is 13.6 Å². The molecule has 1 aromatic carbocycles. The summed E-state index contributed by atoms with van der Waals surface area (Å²) >= 11 is 5.94. The summed E-state index contributed by atoms with van der Waals surface area (Å²) in [6.07, 6.45) is 2.34. The third-order valence-electron chi connectivity index (χ3n) is 2.73. The van der Waals surface area contributed by atoms with Crippen molar-refractivity contribution in [3.8, 4) is 5.75 Å². The van der Waals surface area contributed by atoms with Gasteiger partial charge in [-0.1, -0.05) is 29.8 Å². The predicted molar refractivity (Wildman–Crippen MR) is 79.5 cm³/mol. The maximum atomic E-state index is 11.6. The van der Waals surface area contributed by atoms with E-state index in [1.165, 1.54) is 4.68 Å². The van der Waals surface area contributed by atoms with Gasteiger partial charge in [0.05, 0.1) is 18.5 Å². The number of nitrogens with one attached hydrogen (secondary N) is 1. The molecule has 5 nitrogen and oxygen atoms in total. The molecule has 0 atom stereocenters. The molecule has 20 heavy (non-hydrogen) atoms. The van der Waals surface area contributed by atoms with Gasteiger partial charge in [0.25, 0.3) is 5.56 Å². The van der Waals surface area contributed by atoms with Crippen molar-refractivity contribution in [1.82, 2.24) is 9.78 Å². The van der Waals surface area contributed by atoms with Crippen molar-refractivity contribution in [3.05, 3.63) is 51.9 Å². The number of hydrogen-bond acceptors (Lipinski definition) is 4. The zero-order chi connectivity index (χ0) is 14.4. The fraction of sp³-hybridized carbons (Fsp3) is 0.286. The lowest BCUT2D eigenvalue weighted by atomic mass is 10.3. The molecule has 2 aromatic rings. The minimum atomic E-state index is -0.308. The highest BCUT2D eigenvalue weighted by Crippen LogP contribution is 2.14. The molecule has 0 saturated heterocycles. The van der Waals surface area contributed by atoms with E-state index in [4.69, 9.17) is 16.3 Å². The molecular formula is C14H16ClN3O2. The quantitative estimate of drug-likeness (QED) is 0.831. The number of halogens is 1. The van der Waals surface area contributed by atoms with E-state index in [1.54, 1.807) is 13.2 Å². The number of aromatic nitrogens is 2. The maximum absolute atomic E-state index is 11.6. The SMILES string of the molecule is Cn1ncc(NCCCOc2ccccc2)c(Cl)c1=O. The summed E-state index contributed by atoms with van der Waals surface area (Å²) in [6, 6.07) is 9.63. The zero-order valence-corrected chi connectivity index (χ0v) is 11.9. The van der Waals surface area contributed by atoms with Crippen LogP contribution in [0.25, 0.3) is 0 Å². The van der Waals surface area contributed by atoms with Gasteiger partial charge in [-0.2, -0.15) is 5.10 Å². The Morgan fingerprint density at radius 1 is 1.35 bits per heavy atom. The molecule has 0 bridgehead atoms. The molecule has 0 aliphatic heterocycles. The van der Waals surface area contributed by atoms with E-state index in [2.05, 4.69) is 10.4 Å². The molecule has 0 spiro atoms. The molecule has 0 fully saturated rings. The Morgan fingerprint density at radius 3 is 2.85 bits per heavy atom. The average molecular weight is 294 g/mol. The van der Waals surface area contributed by atoms with Gasteiger partial charge in [0.2, 0.25) is 0 Å². The number of rotatable bonds is 6. The van der Waals surface area contributed by atoms with Crippen LogP contribution in [0, 0.1) is 0 Å². The van der Waals surface area contributed by atoms with E-state index >= 15 is 0 Å². The van der Waals surface area contributed by atoms with E-state index in [0.717, 1.165) is 12.2 Å². The molecule has 1 aromatic heterocycles. The first-order chi connectivity index (χ1) is 9.68. The lowest BCUT2D eigenvalue weighted by Crippen LogP contribution is -2.21. The standard InChI is InChI=1S/C14H16ClN3O2/c1-18-14(19)13(15)12(10-17-18)16-8-5-9-20-11-6-3-2-4-7-11/h2-4,6-7,10,16H,5,8-9H2,1H3. The third-order valence-corrected chi connectivity index (χ3v) is 3.09. The molecule has 106 valence electrons. The van der Waals surface area contributed by atoms with Crippen molar-refractivity contribution in [1.29, 1.82) is 0 Å². The second kappa shape index (κ2) is 6.96. The van der Waals surface area contributed by atoms with Crippen molar-refractivity contribution >= 4 is 17.3 Å². The minimum absolute atomic E-state index is 0.159. The highest BCUT2D eigenvalue weighted by atomic mass is 35.5. The van der Waals surface area contributed by atoms with Crippen molar-refractivity contribution in [2.45, 2.75) is 6.42 Å². The Balaban J connectivity index is 1.77. The highest BCUT2D eigenvalue weighted by Gasteiger charge is 2.06. The average Bonchev–Trinajstić information content (AvgIpc) is 2.48. The number of benzene rings is 1. The molecule has 2 rings (SSSR count). The smallest absolute Gasteiger partial charge is 0.287 e. The zero-order valence-electron chi connectivity index (χ0n) is 11.2. The summed E-state index contributed by atoms with van der Waals surface area (Å²) < 4.78 is 6.76. The fourth-order valence-electron chi connectivity index (χ4n) is 1.64. The second-order valence-corrected chi connectivity index (χ2v) is 4.62. The summed E-state index contributed by atoms with van der Waals surface area (Å²) in [4.78, 5) is 11.6. The number of para-hydroxylation sites is 1. The molecule has 0 saturated carbocycles. The lowest BCUT2D eigenvalue weighted by Gasteiger charge is -2.09. The third kappa shape index (κ3) is 3.74. The highest BCUT2D eigenvalue weighted by molar-refractivity contribution is 6.32. The number of nitrogens with zero attached hydrogens (tertiary/aromatic N) is 2. The Bertz CT molecular complexity index is 614. The second-order valence-electron chi connectivity index (χ2n) is 4.24. The van der Waals surface area contributed by atoms with Crippen LogP contribution in [0.2, 0.25) is 5.02 Å². The van der Waals surface area contributed by atoms with E-state index in [0.29, 0.717) is 18.8 Å². The van der Waals surface area contributed by atoms with Crippen molar-refractivity contribution < 1.29 is 4.74 Å². The molecule has 1 heterocycles. The van der Waals surface area contributed by atoms with Gasteiger partial charge in [-0.15, -0.1) is 0 Å². The topological polar surface area (TPSA) is 56.1 Å². The Hall–Kier alpha value is -2.01. The number of hydrogen-bond donors (Lipinski definition) is 1. The lowest BCUT2D eigenvalue weighted by molar-refractivity contribution is 0.315. The van der Waals surface area contributed by atoms with Crippen LogP contribution < -0.4 is 15.6 Å². The molecular weight excluding hydrogens is 278 g/mol. The van der Waals surface area contributed by atoms with Crippen molar-refractivity contribution in [2.75, 3.05) is 18.5 Å². The number of ether oxygens (including phenoxy) is 1. The van der Waals surface area contributed by atoms with Crippen LogP contribution in [0.5, 0.6) is 5.75 Å². The summed E-state index contributed by atoms with van der Waals surface area (Å²) in [6.45, 7) is 1.24. The van der Waals surface area contributed by atoms with E-state index in [-0.39, 0.29) is 10.6 Å². The number of anilines is 1. The van der Waals surface area contributed by atoms with Crippen LogP contribution in [0.3, 0.4) is 0 Å². The maximum Gasteiger partial charge on any atom is 0.287 e. The Labute approximate surface area is 122 Å². The van der Waals surface area contributed by atoms with E-state index in [1.807, 2.05) is 30.3 Å². The summed E-state index contributed by atoms with van der Waals surface area (Å²) in [5.74, 6) is 0.848. The van der Waals surface area contributed by atoms with E-state index in [9.17, 15) is 4.79 Å². The molecule has 0 aliphatic rings. The van der Waals surface area contributed by atoms with Crippen LogP contribution >= 0.6 is 11.6 Å². The number of aryl methyl sites for hydroxylation is 1. The monoisotopic (exact) mass is 293 g/mol. The van der Waals surface area contributed by atoms with Crippen LogP contribution in [0.1, 0.15) is 6.42 Å². The van der Waals surface area contributed by atoms with Crippen molar-refractivity contribution in [2.24, 2.45) is 7.05 Å². The molecule has 1 N–H and O–H groups in total. The Morgan fingerprint density at radius 2 is 2.10 bits per heavy atom. The van der Waals surface area contributed by atoms with E-state index < -0.39 is 0 Å². The summed E-state index contributed by atoms with van der Waals surface area (Å²) in [5.41, 5.74) is 0.242. The largest absolute Gasteiger partial charge is 0.494 e. The fourth-order valence-corrected chi connectivity index (χ4v) is 1.87. The predicted octanol–water partition coefficient (Wildman–Crippen LogP) is 2.31. The van der Waals surface area contributed by atoms with Crippen LogP contribution in [0.4, 0.5) is 5.69 Å². The molecule has 6 heteroatoms. The first kappa shape index (κ1) is 14.4. The first-order valence-corrected chi connectivity index (χ1v) is 6.70. The molecule has 0 unspecified atom stereocenters. The first-order valence-electron chi connectivity index (χ1n) is 6.32. The van der Waals surface area contributed by atoms with Gasteiger partial charge >= 0.3 is 0 Å². The van der Waals surface area contributed by atoms with Crippen LogP contribution in [-0.4, -0.2) is 22.9 Å². The minimum Gasteiger partial charge on any atom is -0.494 e. The van der Waals surface area contributed by atoms with Gasteiger partial charge in [0.15, 0.2) is 0 Å². The molecule has 0 aliphatic carbocycles. The molecule has 0 amide bonds. The van der Waals surface area contributed by atoms with Gasteiger partial charge in [-0.3, -0.25) is 4.79 Å². The van der Waals surface area contributed by atoms with Gasteiger partial charge in [-0.25, -0.2) is 4.68 Å².